The topological polar surface area (TPSA) is 69.1 Å². The van der Waals surface area contributed by atoms with Crippen molar-refractivity contribution in [3.8, 4) is 0 Å². The molecule has 0 saturated carbocycles. The quantitative estimate of drug-likeness (QED) is 0.729. The van der Waals surface area contributed by atoms with Gasteiger partial charge in [-0.1, -0.05) is 6.07 Å². The molecule has 1 aromatic heterocycles. The van der Waals surface area contributed by atoms with E-state index in [4.69, 9.17) is 10.2 Å². The third-order valence-corrected chi connectivity index (χ3v) is 1.89. The van der Waals surface area contributed by atoms with Crippen molar-refractivity contribution in [2.45, 2.75) is 13.3 Å². The molecule has 2 aromatic rings. The largest absolute Gasteiger partial charge is 0.438 e. The van der Waals surface area contributed by atoms with Gasteiger partial charge in [0.15, 0.2) is 5.58 Å². The van der Waals surface area contributed by atoms with Crippen LogP contribution in [0.4, 0.5) is 5.69 Å². The molecule has 0 atom stereocenters. The van der Waals surface area contributed by atoms with Gasteiger partial charge < -0.3 is 10.2 Å². The summed E-state index contributed by atoms with van der Waals surface area (Å²) >= 11 is 0. The number of nitrogen functional groups attached to an aromatic ring is 1. The lowest BCUT2D eigenvalue weighted by Crippen LogP contribution is -1.95. The van der Waals surface area contributed by atoms with Gasteiger partial charge in [0, 0.05) is 0 Å². The van der Waals surface area contributed by atoms with Crippen LogP contribution in [0.5, 0.6) is 0 Å². The van der Waals surface area contributed by atoms with Crippen LogP contribution in [0, 0.1) is 0 Å². The minimum absolute atomic E-state index is 0.0233. The van der Waals surface area contributed by atoms with Crippen molar-refractivity contribution in [1.29, 1.82) is 0 Å². The van der Waals surface area contributed by atoms with E-state index in [1.54, 1.807) is 18.2 Å². The fraction of sp³-hybridized carbons (Fsp3) is 0.200. The molecule has 0 amide bonds. The van der Waals surface area contributed by atoms with Crippen molar-refractivity contribution in [1.82, 2.24) is 4.98 Å². The zero-order chi connectivity index (χ0) is 10.1. The van der Waals surface area contributed by atoms with Gasteiger partial charge in [0.2, 0.25) is 5.89 Å². The second kappa shape index (κ2) is 3.14. The second-order valence-electron chi connectivity index (χ2n) is 3.18. The minimum atomic E-state index is 0.0233. The van der Waals surface area contributed by atoms with Gasteiger partial charge in [0.05, 0.1) is 12.1 Å². The van der Waals surface area contributed by atoms with E-state index < -0.39 is 0 Å². The Hall–Kier alpha value is -1.84. The van der Waals surface area contributed by atoms with Gasteiger partial charge in [0.25, 0.3) is 0 Å². The average molecular weight is 190 g/mol. The Kier molecular flexibility index (Phi) is 1.96. The van der Waals surface area contributed by atoms with E-state index in [1.165, 1.54) is 6.92 Å². The molecule has 14 heavy (non-hydrogen) atoms. The number of Topliss-reactive ketones (excluding diaryl/α,β-unsaturated/α-hetero) is 1. The molecule has 0 bridgehead atoms. The zero-order valence-electron chi connectivity index (χ0n) is 7.78. The number of rotatable bonds is 2. The molecule has 72 valence electrons. The average Bonchev–Trinajstić information content (AvgIpc) is 2.47. The number of nitrogens with zero attached hydrogens (tertiary/aromatic N) is 1. The molecule has 0 aliphatic rings. The highest BCUT2D eigenvalue weighted by molar-refractivity contribution is 5.85. The van der Waals surface area contributed by atoms with Gasteiger partial charge in [-0.05, 0) is 19.1 Å². The second-order valence-corrected chi connectivity index (χ2v) is 3.18. The summed E-state index contributed by atoms with van der Waals surface area (Å²) in [5.74, 6) is 0.445. The molecule has 1 heterocycles. The molecule has 0 radical (unpaired) electrons. The van der Waals surface area contributed by atoms with E-state index in [1.807, 2.05) is 0 Å². The number of fused-ring (bicyclic) bond motifs is 1. The standard InChI is InChI=1S/C10H10N2O2/c1-6(13)5-9-12-8-4-2-3-7(11)10(8)14-9/h2-4H,5,11H2,1H3. The normalized spacial score (nSPS) is 10.6. The first kappa shape index (κ1) is 8.74. The molecular formula is C10H10N2O2. The van der Waals surface area contributed by atoms with Crippen LogP contribution in [-0.2, 0) is 11.2 Å². The van der Waals surface area contributed by atoms with Crippen LogP contribution in [-0.4, -0.2) is 10.8 Å². The van der Waals surface area contributed by atoms with Crippen molar-refractivity contribution in [2.24, 2.45) is 0 Å². The number of oxazole rings is 1. The van der Waals surface area contributed by atoms with E-state index >= 15 is 0 Å². The molecule has 0 spiro atoms. The smallest absolute Gasteiger partial charge is 0.203 e. The van der Waals surface area contributed by atoms with Crippen LogP contribution in [0.2, 0.25) is 0 Å². The van der Waals surface area contributed by atoms with Crippen molar-refractivity contribution >= 4 is 22.6 Å². The van der Waals surface area contributed by atoms with Crippen molar-refractivity contribution in [2.75, 3.05) is 5.73 Å². The molecule has 1 aromatic carbocycles. The molecule has 4 heteroatoms. The Bertz CT molecular complexity index is 488. The molecule has 0 aliphatic carbocycles. The predicted octanol–water partition coefficient (Wildman–Crippen LogP) is 1.54. The van der Waals surface area contributed by atoms with Gasteiger partial charge in [0.1, 0.15) is 11.3 Å². The number of aromatic nitrogens is 1. The van der Waals surface area contributed by atoms with E-state index in [2.05, 4.69) is 4.98 Å². The van der Waals surface area contributed by atoms with Crippen molar-refractivity contribution < 1.29 is 9.21 Å². The third kappa shape index (κ3) is 1.46. The molecular weight excluding hydrogens is 180 g/mol. The summed E-state index contributed by atoms with van der Waals surface area (Å²) in [5, 5.41) is 0. The molecule has 0 saturated heterocycles. The van der Waals surface area contributed by atoms with Gasteiger partial charge in [-0.2, -0.15) is 0 Å². The maximum Gasteiger partial charge on any atom is 0.203 e. The van der Waals surface area contributed by atoms with Crippen LogP contribution in [0.25, 0.3) is 11.1 Å². The first-order valence-electron chi connectivity index (χ1n) is 4.30. The molecule has 0 aliphatic heterocycles. The number of benzene rings is 1. The maximum atomic E-state index is 10.8. The SMILES string of the molecule is CC(=O)Cc1nc2cccc(N)c2o1. The summed E-state index contributed by atoms with van der Waals surface area (Å²) in [6, 6.07) is 5.35. The highest BCUT2D eigenvalue weighted by atomic mass is 16.3. The highest BCUT2D eigenvalue weighted by Crippen LogP contribution is 2.21. The number of ketones is 1. The summed E-state index contributed by atoms with van der Waals surface area (Å²) in [4.78, 5) is 15.0. The predicted molar refractivity (Wildman–Crippen MR) is 52.8 cm³/mol. The van der Waals surface area contributed by atoms with Crippen LogP contribution in [0.1, 0.15) is 12.8 Å². The molecule has 2 rings (SSSR count). The van der Waals surface area contributed by atoms with Crippen LogP contribution in [0.3, 0.4) is 0 Å². The fourth-order valence-corrected chi connectivity index (χ4v) is 1.30. The zero-order valence-corrected chi connectivity index (χ0v) is 7.78. The first-order chi connectivity index (χ1) is 6.66. The number of anilines is 1. The Morgan fingerprint density at radius 2 is 2.36 bits per heavy atom. The van der Waals surface area contributed by atoms with Crippen LogP contribution < -0.4 is 5.73 Å². The summed E-state index contributed by atoms with van der Waals surface area (Å²) < 4.78 is 5.35. The van der Waals surface area contributed by atoms with Gasteiger partial charge in [-0.25, -0.2) is 4.98 Å². The summed E-state index contributed by atoms with van der Waals surface area (Å²) in [6.07, 6.45) is 0.216. The minimum Gasteiger partial charge on any atom is -0.438 e. The van der Waals surface area contributed by atoms with Gasteiger partial charge in [-0.3, -0.25) is 4.79 Å². The highest BCUT2D eigenvalue weighted by Gasteiger charge is 2.09. The lowest BCUT2D eigenvalue weighted by atomic mass is 10.3. The van der Waals surface area contributed by atoms with Crippen LogP contribution >= 0.6 is 0 Å². The van der Waals surface area contributed by atoms with E-state index in [-0.39, 0.29) is 12.2 Å². The fourth-order valence-electron chi connectivity index (χ4n) is 1.30. The summed E-state index contributed by atoms with van der Waals surface area (Å²) in [6.45, 7) is 1.50. The number of carbonyl (C=O) groups excluding carboxylic acids is 1. The number of hydrogen-bond donors (Lipinski definition) is 1. The van der Waals surface area contributed by atoms with E-state index in [9.17, 15) is 4.79 Å². The van der Waals surface area contributed by atoms with Gasteiger partial charge >= 0.3 is 0 Å². The van der Waals surface area contributed by atoms with Crippen LogP contribution in [0.15, 0.2) is 22.6 Å². The Labute approximate surface area is 80.7 Å². The number of hydrogen-bond acceptors (Lipinski definition) is 4. The number of para-hydroxylation sites is 1. The Morgan fingerprint density at radius 1 is 1.57 bits per heavy atom. The van der Waals surface area contributed by atoms with Crippen molar-refractivity contribution in [3.63, 3.8) is 0 Å². The molecule has 0 unspecified atom stereocenters. The lowest BCUT2D eigenvalue weighted by molar-refractivity contribution is -0.116. The van der Waals surface area contributed by atoms with Gasteiger partial charge in [-0.15, -0.1) is 0 Å². The monoisotopic (exact) mass is 190 g/mol. The third-order valence-electron chi connectivity index (χ3n) is 1.89. The lowest BCUT2D eigenvalue weighted by Gasteiger charge is -1.90. The molecule has 4 nitrogen and oxygen atoms in total. The van der Waals surface area contributed by atoms with E-state index in [0.717, 1.165) is 0 Å². The maximum absolute atomic E-state index is 10.8. The van der Waals surface area contributed by atoms with E-state index in [0.29, 0.717) is 22.7 Å². The molecule has 0 fully saturated rings. The number of carbonyl (C=O) groups is 1. The Morgan fingerprint density at radius 3 is 3.00 bits per heavy atom. The first-order valence-corrected chi connectivity index (χ1v) is 4.30. The van der Waals surface area contributed by atoms with Crippen molar-refractivity contribution in [3.05, 3.63) is 24.1 Å². The summed E-state index contributed by atoms with van der Waals surface area (Å²) in [7, 11) is 0. The summed E-state index contributed by atoms with van der Waals surface area (Å²) in [5.41, 5.74) is 7.48. The molecule has 2 N–H and O–H groups in total. The number of nitrogens with two attached hydrogens (primary N) is 1. The Balaban J connectivity index is 2.51.